The Morgan fingerprint density at radius 2 is 2.05 bits per heavy atom. The maximum Gasteiger partial charge on any atom is 0.262 e. The van der Waals surface area contributed by atoms with Gasteiger partial charge in [0.25, 0.3) is 5.91 Å². The van der Waals surface area contributed by atoms with Gasteiger partial charge in [0.05, 0.1) is 6.61 Å². The Morgan fingerprint density at radius 1 is 1.24 bits per heavy atom. The molecule has 1 N–H and O–H groups in total. The first kappa shape index (κ1) is 13.4. The van der Waals surface area contributed by atoms with Crippen LogP contribution in [-0.2, 0) is 11.2 Å². The topological polar surface area (TPSA) is 47.6 Å². The predicted molar refractivity (Wildman–Crippen MR) is 76.2 cm³/mol. The van der Waals surface area contributed by atoms with E-state index in [0.29, 0.717) is 18.0 Å². The summed E-state index contributed by atoms with van der Waals surface area (Å²) >= 11 is 0. The quantitative estimate of drug-likeness (QED) is 0.940. The molecule has 1 amide bonds. The minimum absolute atomic E-state index is 0.126. The second-order valence-electron chi connectivity index (χ2n) is 4.71. The van der Waals surface area contributed by atoms with Crippen LogP contribution in [0.25, 0.3) is 0 Å². The van der Waals surface area contributed by atoms with Crippen LogP contribution in [0.15, 0.2) is 42.5 Å². The lowest BCUT2D eigenvalue weighted by molar-refractivity contribution is -0.118. The largest absolute Gasteiger partial charge is 0.493 e. The average Bonchev–Trinajstić information content (AvgIpc) is 2.94. The van der Waals surface area contributed by atoms with Gasteiger partial charge in [0.1, 0.15) is 17.3 Å². The Morgan fingerprint density at radius 3 is 2.86 bits per heavy atom. The molecule has 5 heteroatoms. The Labute approximate surface area is 121 Å². The molecule has 2 aromatic carbocycles. The van der Waals surface area contributed by atoms with Crippen LogP contribution in [0.1, 0.15) is 5.56 Å². The lowest BCUT2D eigenvalue weighted by Gasteiger charge is -2.08. The van der Waals surface area contributed by atoms with E-state index in [-0.39, 0.29) is 18.3 Å². The first-order valence-corrected chi connectivity index (χ1v) is 6.65. The molecule has 3 rings (SSSR count). The summed E-state index contributed by atoms with van der Waals surface area (Å²) in [5.41, 5.74) is 1.80. The lowest BCUT2D eigenvalue weighted by atomic mass is 10.1. The molecule has 21 heavy (non-hydrogen) atoms. The van der Waals surface area contributed by atoms with Crippen molar-refractivity contribution in [2.24, 2.45) is 0 Å². The Hall–Kier alpha value is -2.56. The van der Waals surface area contributed by atoms with Crippen molar-refractivity contribution in [3.8, 4) is 11.5 Å². The summed E-state index contributed by atoms with van der Waals surface area (Å²) in [6, 6.07) is 11.1. The van der Waals surface area contributed by atoms with E-state index in [1.165, 1.54) is 24.3 Å². The number of hydrogen-bond donors (Lipinski definition) is 1. The van der Waals surface area contributed by atoms with Gasteiger partial charge in [-0.15, -0.1) is 0 Å². The zero-order valence-corrected chi connectivity index (χ0v) is 11.3. The SMILES string of the molecule is O=C(COc1ccc(F)cc1)Nc1ccc2c(c1)CCO2. The number of carbonyl (C=O) groups is 1. The molecule has 1 heterocycles. The van der Waals surface area contributed by atoms with E-state index in [2.05, 4.69) is 5.32 Å². The molecule has 1 aliphatic rings. The van der Waals surface area contributed by atoms with Gasteiger partial charge in [-0.1, -0.05) is 0 Å². The molecule has 0 bridgehead atoms. The van der Waals surface area contributed by atoms with Crippen molar-refractivity contribution in [2.75, 3.05) is 18.5 Å². The molecule has 108 valence electrons. The highest BCUT2D eigenvalue weighted by Gasteiger charge is 2.13. The van der Waals surface area contributed by atoms with Crippen LogP contribution in [0.3, 0.4) is 0 Å². The van der Waals surface area contributed by atoms with Gasteiger partial charge in [0.2, 0.25) is 0 Å². The molecule has 0 radical (unpaired) electrons. The molecule has 0 atom stereocenters. The van der Waals surface area contributed by atoms with E-state index in [1.54, 1.807) is 6.07 Å². The number of rotatable bonds is 4. The van der Waals surface area contributed by atoms with Gasteiger partial charge in [-0.2, -0.15) is 0 Å². The molecule has 0 aromatic heterocycles. The molecule has 0 spiro atoms. The summed E-state index contributed by atoms with van der Waals surface area (Å²) in [4.78, 5) is 11.8. The van der Waals surface area contributed by atoms with E-state index in [4.69, 9.17) is 9.47 Å². The van der Waals surface area contributed by atoms with E-state index < -0.39 is 0 Å². The van der Waals surface area contributed by atoms with Crippen molar-refractivity contribution in [3.05, 3.63) is 53.8 Å². The second-order valence-corrected chi connectivity index (χ2v) is 4.71. The summed E-state index contributed by atoms with van der Waals surface area (Å²) < 4.78 is 23.4. The van der Waals surface area contributed by atoms with Gasteiger partial charge < -0.3 is 14.8 Å². The molecule has 1 aliphatic heterocycles. The van der Waals surface area contributed by atoms with Crippen molar-refractivity contribution >= 4 is 11.6 Å². The number of amides is 1. The van der Waals surface area contributed by atoms with Crippen LogP contribution in [0.2, 0.25) is 0 Å². The highest BCUT2D eigenvalue weighted by atomic mass is 19.1. The van der Waals surface area contributed by atoms with Crippen molar-refractivity contribution in [1.82, 2.24) is 0 Å². The zero-order valence-electron chi connectivity index (χ0n) is 11.3. The minimum atomic E-state index is -0.341. The minimum Gasteiger partial charge on any atom is -0.493 e. The van der Waals surface area contributed by atoms with Crippen LogP contribution < -0.4 is 14.8 Å². The third kappa shape index (κ3) is 3.31. The molecular formula is C16H14FNO3. The van der Waals surface area contributed by atoms with Gasteiger partial charge in [0.15, 0.2) is 6.61 Å². The van der Waals surface area contributed by atoms with E-state index >= 15 is 0 Å². The number of fused-ring (bicyclic) bond motifs is 1. The third-order valence-corrected chi connectivity index (χ3v) is 3.16. The summed E-state index contributed by atoms with van der Waals surface area (Å²) in [6.07, 6.45) is 0.852. The van der Waals surface area contributed by atoms with Gasteiger partial charge in [-0.05, 0) is 48.0 Å². The Balaban J connectivity index is 1.55. The normalized spacial score (nSPS) is 12.4. The summed E-state index contributed by atoms with van der Waals surface area (Å²) in [7, 11) is 0. The lowest BCUT2D eigenvalue weighted by Crippen LogP contribution is -2.20. The van der Waals surface area contributed by atoms with Crippen molar-refractivity contribution in [2.45, 2.75) is 6.42 Å². The first-order chi connectivity index (χ1) is 10.2. The van der Waals surface area contributed by atoms with Gasteiger partial charge in [-0.25, -0.2) is 4.39 Å². The average molecular weight is 287 g/mol. The number of ether oxygens (including phenoxy) is 2. The molecule has 0 aliphatic carbocycles. The summed E-state index contributed by atoms with van der Waals surface area (Å²) in [6.45, 7) is 0.555. The van der Waals surface area contributed by atoms with Gasteiger partial charge in [0, 0.05) is 12.1 Å². The molecule has 0 unspecified atom stereocenters. The fourth-order valence-electron chi connectivity index (χ4n) is 2.14. The number of nitrogens with one attached hydrogen (secondary N) is 1. The molecule has 0 saturated heterocycles. The van der Waals surface area contributed by atoms with Crippen LogP contribution >= 0.6 is 0 Å². The summed E-state index contributed by atoms with van der Waals surface area (Å²) in [5, 5.41) is 2.76. The molecule has 0 saturated carbocycles. The van der Waals surface area contributed by atoms with Crippen molar-refractivity contribution in [3.63, 3.8) is 0 Å². The fourth-order valence-corrected chi connectivity index (χ4v) is 2.14. The smallest absolute Gasteiger partial charge is 0.262 e. The van der Waals surface area contributed by atoms with Gasteiger partial charge >= 0.3 is 0 Å². The number of halogens is 1. The maximum atomic E-state index is 12.7. The predicted octanol–water partition coefficient (Wildman–Crippen LogP) is 2.78. The fraction of sp³-hybridized carbons (Fsp3) is 0.188. The third-order valence-electron chi connectivity index (χ3n) is 3.16. The van der Waals surface area contributed by atoms with Crippen LogP contribution in [-0.4, -0.2) is 19.1 Å². The number of carbonyl (C=O) groups excluding carboxylic acids is 1. The highest BCUT2D eigenvalue weighted by molar-refractivity contribution is 5.92. The molecular weight excluding hydrogens is 273 g/mol. The first-order valence-electron chi connectivity index (χ1n) is 6.65. The maximum absolute atomic E-state index is 12.7. The second kappa shape index (κ2) is 5.83. The Kier molecular flexibility index (Phi) is 3.73. The van der Waals surface area contributed by atoms with E-state index in [9.17, 15) is 9.18 Å². The van der Waals surface area contributed by atoms with Crippen LogP contribution in [0.4, 0.5) is 10.1 Å². The highest BCUT2D eigenvalue weighted by Crippen LogP contribution is 2.27. The Bertz CT molecular complexity index is 655. The monoisotopic (exact) mass is 287 g/mol. The number of anilines is 1. The number of hydrogen-bond acceptors (Lipinski definition) is 3. The van der Waals surface area contributed by atoms with E-state index in [1.807, 2.05) is 12.1 Å². The van der Waals surface area contributed by atoms with Gasteiger partial charge in [-0.3, -0.25) is 4.79 Å². The number of benzene rings is 2. The molecule has 4 nitrogen and oxygen atoms in total. The molecule has 0 fully saturated rings. The van der Waals surface area contributed by atoms with Crippen molar-refractivity contribution < 1.29 is 18.7 Å². The molecule has 2 aromatic rings. The van der Waals surface area contributed by atoms with Crippen molar-refractivity contribution in [1.29, 1.82) is 0 Å². The summed E-state index contributed by atoms with van der Waals surface area (Å²) in [5.74, 6) is 0.717. The standard InChI is InChI=1S/C16H14FNO3/c17-12-1-4-14(5-2-12)21-10-16(19)18-13-3-6-15-11(9-13)7-8-20-15/h1-6,9H,7-8,10H2,(H,18,19). The van der Waals surface area contributed by atoms with E-state index in [0.717, 1.165) is 17.7 Å². The van der Waals surface area contributed by atoms with Crippen LogP contribution in [0.5, 0.6) is 11.5 Å². The van der Waals surface area contributed by atoms with Crippen LogP contribution in [0, 0.1) is 5.82 Å². The zero-order chi connectivity index (χ0) is 14.7.